The van der Waals surface area contributed by atoms with Gasteiger partial charge in [-0.05, 0) is 19.1 Å². The molecule has 2 aromatic heterocycles. The number of sulfone groups is 1. The minimum atomic E-state index is -4.62. The Bertz CT molecular complexity index is 1240. The minimum Gasteiger partial charge on any atom is -0.337 e. The molecule has 0 aliphatic carbocycles. The van der Waals surface area contributed by atoms with Crippen molar-refractivity contribution in [2.75, 3.05) is 24.6 Å². The lowest BCUT2D eigenvalue weighted by molar-refractivity contribution is -0.137. The van der Waals surface area contributed by atoms with Crippen molar-refractivity contribution in [1.29, 1.82) is 0 Å². The van der Waals surface area contributed by atoms with Crippen LogP contribution in [0.5, 0.6) is 0 Å². The van der Waals surface area contributed by atoms with Crippen molar-refractivity contribution in [2.45, 2.75) is 13.1 Å². The average Bonchev–Trinajstić information content (AvgIpc) is 3.07. The predicted octanol–water partition coefficient (Wildman–Crippen LogP) is 3.09. The largest absolute Gasteiger partial charge is 0.417 e. The van der Waals surface area contributed by atoms with Gasteiger partial charge in [-0.15, -0.1) is 0 Å². The van der Waals surface area contributed by atoms with E-state index in [1.54, 1.807) is 6.92 Å². The van der Waals surface area contributed by atoms with Crippen LogP contribution < -0.4 is 0 Å². The van der Waals surface area contributed by atoms with E-state index in [2.05, 4.69) is 10.1 Å². The van der Waals surface area contributed by atoms with Gasteiger partial charge in [-0.3, -0.25) is 4.79 Å². The number of hydrogen-bond acceptors (Lipinski definition) is 6. The first kappa shape index (κ1) is 20.3. The summed E-state index contributed by atoms with van der Waals surface area (Å²) in [5.74, 6) is -0.840. The summed E-state index contributed by atoms with van der Waals surface area (Å²) in [5, 5.41) is 4.08. The van der Waals surface area contributed by atoms with Gasteiger partial charge in [0.05, 0.1) is 39.4 Å². The number of aromatic nitrogens is 2. The summed E-state index contributed by atoms with van der Waals surface area (Å²) < 4.78 is 68.9. The van der Waals surface area contributed by atoms with E-state index in [4.69, 9.17) is 4.52 Å². The lowest BCUT2D eigenvalue weighted by Crippen LogP contribution is -2.43. The zero-order chi connectivity index (χ0) is 21.7. The molecule has 1 aliphatic rings. The maximum absolute atomic E-state index is 13.5. The second-order valence-corrected chi connectivity index (χ2v) is 9.29. The first-order valence-electron chi connectivity index (χ1n) is 9.00. The molecule has 0 spiro atoms. The second kappa shape index (κ2) is 7.08. The van der Waals surface area contributed by atoms with E-state index in [0.717, 1.165) is 6.07 Å². The first-order valence-corrected chi connectivity index (χ1v) is 10.8. The molecule has 1 amide bonds. The molecule has 0 N–H and O–H groups in total. The van der Waals surface area contributed by atoms with E-state index >= 15 is 0 Å². The number of nitrogens with zero attached hydrogens (tertiary/aromatic N) is 3. The summed E-state index contributed by atoms with van der Waals surface area (Å²) >= 11 is 0. The van der Waals surface area contributed by atoms with Crippen LogP contribution in [0.15, 0.2) is 34.9 Å². The molecule has 3 aromatic rings. The molecule has 1 aliphatic heterocycles. The zero-order valence-corrected chi connectivity index (χ0v) is 16.5. The maximum atomic E-state index is 13.5. The Morgan fingerprint density at radius 2 is 1.83 bits per heavy atom. The van der Waals surface area contributed by atoms with Crippen LogP contribution in [0.3, 0.4) is 0 Å². The molecule has 7 nitrogen and oxygen atoms in total. The van der Waals surface area contributed by atoms with Crippen LogP contribution in [-0.4, -0.2) is 54.0 Å². The molecular weight excluding hydrogens is 423 g/mol. The number of benzene rings is 1. The Morgan fingerprint density at radius 1 is 1.17 bits per heavy atom. The average molecular weight is 439 g/mol. The molecule has 0 bridgehead atoms. The van der Waals surface area contributed by atoms with Crippen LogP contribution in [0, 0.1) is 6.92 Å². The topological polar surface area (TPSA) is 93.4 Å². The van der Waals surface area contributed by atoms with E-state index in [9.17, 15) is 26.4 Å². The number of carbonyl (C=O) groups excluding carboxylic acids is 1. The molecule has 0 radical (unpaired) electrons. The van der Waals surface area contributed by atoms with Gasteiger partial charge in [0.2, 0.25) is 0 Å². The van der Waals surface area contributed by atoms with Crippen LogP contribution >= 0.6 is 0 Å². The quantitative estimate of drug-likeness (QED) is 0.609. The number of carbonyl (C=O) groups is 1. The van der Waals surface area contributed by atoms with Gasteiger partial charge >= 0.3 is 6.18 Å². The highest BCUT2D eigenvalue weighted by Crippen LogP contribution is 2.37. The Kier molecular flexibility index (Phi) is 4.80. The SMILES string of the molecule is Cc1noc2nc(-c3ccccc3C(F)(F)F)cc(C(=O)N3CCS(=O)(=O)CC3)c12. The number of hydrogen-bond donors (Lipinski definition) is 0. The lowest BCUT2D eigenvalue weighted by Gasteiger charge is -2.27. The highest BCUT2D eigenvalue weighted by Gasteiger charge is 2.35. The van der Waals surface area contributed by atoms with Gasteiger partial charge in [0.1, 0.15) is 0 Å². The number of amides is 1. The fourth-order valence-electron chi connectivity index (χ4n) is 3.44. The highest BCUT2D eigenvalue weighted by atomic mass is 32.2. The van der Waals surface area contributed by atoms with Gasteiger partial charge in [-0.1, -0.05) is 23.4 Å². The minimum absolute atomic E-state index is 0.00375. The summed E-state index contributed by atoms with van der Waals surface area (Å²) in [4.78, 5) is 18.7. The molecule has 0 atom stereocenters. The summed E-state index contributed by atoms with van der Waals surface area (Å²) in [6.45, 7) is 1.60. The number of fused-ring (bicyclic) bond motifs is 1. The lowest BCUT2D eigenvalue weighted by atomic mass is 10.0. The van der Waals surface area contributed by atoms with Crippen molar-refractivity contribution in [3.8, 4) is 11.3 Å². The molecule has 0 unspecified atom stereocenters. The smallest absolute Gasteiger partial charge is 0.337 e. The maximum Gasteiger partial charge on any atom is 0.417 e. The van der Waals surface area contributed by atoms with Crippen molar-refractivity contribution in [1.82, 2.24) is 15.0 Å². The number of pyridine rings is 1. The third-order valence-corrected chi connectivity index (χ3v) is 6.60. The molecule has 158 valence electrons. The third kappa shape index (κ3) is 3.64. The van der Waals surface area contributed by atoms with E-state index in [0.29, 0.717) is 11.1 Å². The molecule has 1 saturated heterocycles. The van der Waals surface area contributed by atoms with E-state index in [1.807, 2.05) is 0 Å². The van der Waals surface area contributed by atoms with Crippen LogP contribution in [0.4, 0.5) is 13.2 Å². The summed E-state index contributed by atoms with van der Waals surface area (Å²) in [6, 6.07) is 6.19. The molecule has 11 heteroatoms. The Balaban J connectivity index is 1.86. The number of alkyl halides is 3. The van der Waals surface area contributed by atoms with E-state index in [1.165, 1.54) is 29.2 Å². The first-order chi connectivity index (χ1) is 14.1. The van der Waals surface area contributed by atoms with Crippen LogP contribution in [0.2, 0.25) is 0 Å². The molecule has 4 rings (SSSR count). The fraction of sp³-hybridized carbons (Fsp3) is 0.316. The molecule has 1 fully saturated rings. The standard InChI is InChI=1S/C19H16F3N3O4S/c1-11-16-13(18(26)25-6-8-30(27,28)9-7-25)10-15(23-17(16)29-24-11)12-4-2-3-5-14(12)19(20,21)22/h2-5,10H,6-9H2,1H3. The van der Waals surface area contributed by atoms with Gasteiger partial charge in [0.25, 0.3) is 11.6 Å². The van der Waals surface area contributed by atoms with Gasteiger partial charge in [0.15, 0.2) is 9.84 Å². The molecule has 3 heterocycles. The van der Waals surface area contributed by atoms with E-state index < -0.39 is 27.5 Å². The van der Waals surface area contributed by atoms with Crippen molar-refractivity contribution < 1.29 is 30.9 Å². The van der Waals surface area contributed by atoms with Crippen molar-refractivity contribution in [2.24, 2.45) is 0 Å². The number of rotatable bonds is 2. The van der Waals surface area contributed by atoms with Crippen LogP contribution in [0.25, 0.3) is 22.4 Å². The van der Waals surface area contributed by atoms with E-state index in [-0.39, 0.29) is 47.1 Å². The third-order valence-electron chi connectivity index (χ3n) is 4.99. The van der Waals surface area contributed by atoms with Crippen molar-refractivity contribution in [3.05, 3.63) is 47.2 Å². The Hall–Kier alpha value is -2.95. The zero-order valence-electron chi connectivity index (χ0n) is 15.7. The summed E-state index contributed by atoms with van der Waals surface area (Å²) in [5.41, 5.74) is -0.799. The highest BCUT2D eigenvalue weighted by molar-refractivity contribution is 7.91. The van der Waals surface area contributed by atoms with Crippen molar-refractivity contribution in [3.63, 3.8) is 0 Å². The molecule has 0 saturated carbocycles. The van der Waals surface area contributed by atoms with Gasteiger partial charge in [0, 0.05) is 18.7 Å². The number of aryl methyl sites for hydroxylation is 1. The molecule has 30 heavy (non-hydrogen) atoms. The van der Waals surface area contributed by atoms with Gasteiger partial charge in [-0.2, -0.15) is 13.2 Å². The summed E-state index contributed by atoms with van der Waals surface area (Å²) in [7, 11) is -3.21. The fourth-order valence-corrected chi connectivity index (χ4v) is 4.64. The Morgan fingerprint density at radius 3 is 2.50 bits per heavy atom. The normalized spacial score (nSPS) is 16.7. The predicted molar refractivity (Wildman–Crippen MR) is 102 cm³/mol. The van der Waals surface area contributed by atoms with Crippen LogP contribution in [-0.2, 0) is 16.0 Å². The van der Waals surface area contributed by atoms with Crippen LogP contribution in [0.1, 0.15) is 21.6 Å². The molecule has 1 aromatic carbocycles. The molecular formula is C19H16F3N3O4S. The Labute approximate surface area is 169 Å². The van der Waals surface area contributed by atoms with Gasteiger partial charge < -0.3 is 9.42 Å². The monoisotopic (exact) mass is 439 g/mol. The second-order valence-electron chi connectivity index (χ2n) is 6.99. The summed E-state index contributed by atoms with van der Waals surface area (Å²) in [6.07, 6.45) is -4.62. The van der Waals surface area contributed by atoms with Crippen molar-refractivity contribution >= 4 is 26.8 Å². The number of halogens is 3. The van der Waals surface area contributed by atoms with Gasteiger partial charge in [-0.25, -0.2) is 13.4 Å².